The van der Waals surface area contributed by atoms with E-state index in [9.17, 15) is 39.6 Å². The Labute approximate surface area is 216 Å². The number of pyridine rings is 1. The van der Waals surface area contributed by atoms with Gasteiger partial charge in [0, 0.05) is 30.4 Å². The maximum absolute atomic E-state index is 14.0. The quantitative estimate of drug-likeness (QED) is 0.301. The maximum Gasteiger partial charge on any atom is 0.453 e. The molecular formula is C21H21F6N7O4S. The molecule has 1 amide bonds. The Balaban J connectivity index is 1.77. The van der Waals surface area contributed by atoms with Crippen LogP contribution < -0.4 is 11.1 Å². The molecule has 1 aliphatic heterocycles. The van der Waals surface area contributed by atoms with Crippen molar-refractivity contribution in [2.24, 2.45) is 0 Å². The number of anilines is 2. The number of amides is 1. The third-order valence-electron chi connectivity index (χ3n) is 6.12. The molecule has 11 nitrogen and oxygen atoms in total. The van der Waals surface area contributed by atoms with Crippen molar-refractivity contribution in [3.63, 3.8) is 0 Å². The zero-order valence-corrected chi connectivity index (χ0v) is 21.1. The highest BCUT2D eigenvalue weighted by Crippen LogP contribution is 2.43. The van der Waals surface area contributed by atoms with Crippen LogP contribution in [-0.2, 0) is 31.1 Å². The van der Waals surface area contributed by atoms with Gasteiger partial charge in [-0.2, -0.15) is 35.5 Å². The molecule has 0 bridgehead atoms. The first-order valence-electron chi connectivity index (χ1n) is 11.2. The highest BCUT2D eigenvalue weighted by Gasteiger charge is 2.56. The smallest absolute Gasteiger partial charge is 0.383 e. The minimum absolute atomic E-state index is 0.0352. The van der Waals surface area contributed by atoms with Gasteiger partial charge in [0.1, 0.15) is 23.1 Å². The lowest BCUT2D eigenvalue weighted by Crippen LogP contribution is -2.38. The van der Waals surface area contributed by atoms with Gasteiger partial charge in [0.15, 0.2) is 11.5 Å². The largest absolute Gasteiger partial charge is 0.453 e. The molecule has 1 aliphatic rings. The van der Waals surface area contributed by atoms with E-state index in [0.29, 0.717) is 0 Å². The molecule has 0 spiro atoms. The lowest BCUT2D eigenvalue weighted by atomic mass is 9.75. The molecule has 0 saturated heterocycles. The second-order valence-corrected chi connectivity index (χ2v) is 10.9. The summed E-state index contributed by atoms with van der Waals surface area (Å²) in [6.07, 6.45) is -5.92. The molecule has 3 aromatic heterocycles. The highest BCUT2D eigenvalue weighted by molar-refractivity contribution is 7.85. The van der Waals surface area contributed by atoms with Gasteiger partial charge in [-0.25, -0.2) is 24.0 Å². The van der Waals surface area contributed by atoms with E-state index < -0.39 is 52.3 Å². The molecule has 39 heavy (non-hydrogen) atoms. The topological polar surface area (TPSA) is 155 Å². The van der Waals surface area contributed by atoms with Crippen molar-refractivity contribution < 1.29 is 43.7 Å². The minimum atomic E-state index is -5.79. The maximum atomic E-state index is 14.0. The molecule has 18 heteroatoms. The van der Waals surface area contributed by atoms with Gasteiger partial charge in [0.25, 0.3) is 10.1 Å². The number of carbonyl (C=O) groups excluding carboxylic acids is 1. The Morgan fingerprint density at radius 1 is 1.23 bits per heavy atom. The van der Waals surface area contributed by atoms with Gasteiger partial charge < -0.3 is 11.1 Å². The molecule has 0 radical (unpaired) electrons. The number of nitrogens with zero attached hydrogens (tertiary/aromatic N) is 5. The number of aromatic nitrogens is 5. The van der Waals surface area contributed by atoms with Crippen molar-refractivity contribution in [3.05, 3.63) is 23.6 Å². The van der Waals surface area contributed by atoms with Crippen LogP contribution in [0.3, 0.4) is 0 Å². The molecule has 1 atom stereocenters. The molecule has 0 aliphatic carbocycles. The van der Waals surface area contributed by atoms with Gasteiger partial charge in [0.2, 0.25) is 5.91 Å². The van der Waals surface area contributed by atoms with Crippen molar-refractivity contribution in [2.75, 3.05) is 23.9 Å². The third kappa shape index (κ3) is 5.75. The summed E-state index contributed by atoms with van der Waals surface area (Å²) in [5.41, 5.74) is 4.96. The van der Waals surface area contributed by atoms with Crippen LogP contribution >= 0.6 is 0 Å². The molecule has 0 fully saturated rings. The van der Waals surface area contributed by atoms with Gasteiger partial charge in [0.05, 0.1) is 24.4 Å². The molecule has 3 N–H and O–H groups in total. The standard InChI is InChI=1S/C21H21F6N7O4S/c1-19(4-6-38-39(2,36)37)8-12(35)30-16-13(19)15(28)31-17(32-16)14-11-7-10(22)9-29-18(11)34(33-14)5-3-20(23,24)21(25,26)27/h7,9H,3-6,8H2,1-2H3,(H3,28,30,31,32,35). The van der Waals surface area contributed by atoms with Gasteiger partial charge in [-0.3, -0.25) is 8.98 Å². The molecule has 0 aromatic carbocycles. The Kier molecular flexibility index (Phi) is 6.99. The molecule has 212 valence electrons. The zero-order chi connectivity index (χ0) is 29.0. The zero-order valence-electron chi connectivity index (χ0n) is 20.3. The van der Waals surface area contributed by atoms with Crippen LogP contribution in [0, 0.1) is 5.82 Å². The van der Waals surface area contributed by atoms with Gasteiger partial charge in [-0.1, -0.05) is 6.92 Å². The molecule has 1 unspecified atom stereocenters. The van der Waals surface area contributed by atoms with E-state index in [-0.39, 0.29) is 59.2 Å². The first-order valence-corrected chi connectivity index (χ1v) is 13.0. The predicted octanol–water partition coefficient (Wildman–Crippen LogP) is 3.16. The van der Waals surface area contributed by atoms with Gasteiger partial charge in [-0.15, -0.1) is 0 Å². The lowest BCUT2D eigenvalue weighted by Gasteiger charge is -2.35. The predicted molar refractivity (Wildman–Crippen MR) is 125 cm³/mol. The fraction of sp³-hybridized carbons (Fsp3) is 0.476. The number of carbonyl (C=O) groups is 1. The lowest BCUT2D eigenvalue weighted by molar-refractivity contribution is -0.285. The van der Waals surface area contributed by atoms with E-state index in [1.165, 1.54) is 0 Å². The summed E-state index contributed by atoms with van der Waals surface area (Å²) in [5.74, 6) is -6.89. The van der Waals surface area contributed by atoms with Crippen molar-refractivity contribution in [3.8, 4) is 11.5 Å². The number of aryl methyl sites for hydroxylation is 1. The number of nitrogens with two attached hydrogens (primary N) is 1. The first-order chi connectivity index (χ1) is 17.9. The number of nitrogen functional groups attached to an aromatic ring is 1. The summed E-state index contributed by atoms with van der Waals surface area (Å²) in [5, 5.41) is 6.44. The highest BCUT2D eigenvalue weighted by atomic mass is 32.2. The molecule has 4 heterocycles. The number of nitrogens with one attached hydrogen (secondary N) is 1. The third-order valence-corrected chi connectivity index (χ3v) is 6.71. The average molecular weight is 581 g/mol. The monoisotopic (exact) mass is 581 g/mol. The van der Waals surface area contributed by atoms with Crippen molar-refractivity contribution in [1.29, 1.82) is 0 Å². The number of hydrogen-bond donors (Lipinski definition) is 2. The summed E-state index contributed by atoms with van der Waals surface area (Å²) in [6.45, 7) is 0.419. The summed E-state index contributed by atoms with van der Waals surface area (Å²) < 4.78 is 107. The number of hydrogen-bond acceptors (Lipinski definition) is 9. The number of halogens is 6. The molecule has 3 aromatic rings. The summed E-state index contributed by atoms with van der Waals surface area (Å²) in [6, 6.07) is 0.924. The van der Waals surface area contributed by atoms with E-state index in [1.54, 1.807) is 6.92 Å². The van der Waals surface area contributed by atoms with E-state index in [1.807, 2.05) is 0 Å². The Morgan fingerprint density at radius 3 is 2.56 bits per heavy atom. The van der Waals surface area contributed by atoms with E-state index in [0.717, 1.165) is 23.2 Å². The van der Waals surface area contributed by atoms with Crippen molar-refractivity contribution >= 4 is 38.7 Å². The second-order valence-electron chi connectivity index (χ2n) is 9.27. The number of fused-ring (bicyclic) bond motifs is 2. The van der Waals surface area contributed by atoms with Crippen LogP contribution in [0.5, 0.6) is 0 Å². The summed E-state index contributed by atoms with van der Waals surface area (Å²) in [4.78, 5) is 24.7. The molecular weight excluding hydrogens is 560 g/mol. The fourth-order valence-electron chi connectivity index (χ4n) is 4.26. The molecule has 4 rings (SSSR count). The first kappa shape index (κ1) is 28.5. The van der Waals surface area contributed by atoms with E-state index >= 15 is 0 Å². The Morgan fingerprint density at radius 2 is 1.92 bits per heavy atom. The van der Waals surface area contributed by atoms with Crippen LogP contribution in [0.2, 0.25) is 0 Å². The van der Waals surface area contributed by atoms with Crippen molar-refractivity contribution in [2.45, 2.75) is 50.2 Å². The van der Waals surface area contributed by atoms with Crippen LogP contribution in [-0.4, -0.2) is 64.0 Å². The number of rotatable bonds is 8. The second kappa shape index (κ2) is 9.58. The van der Waals surface area contributed by atoms with Crippen molar-refractivity contribution in [1.82, 2.24) is 24.7 Å². The minimum Gasteiger partial charge on any atom is -0.383 e. The summed E-state index contributed by atoms with van der Waals surface area (Å²) >= 11 is 0. The van der Waals surface area contributed by atoms with Gasteiger partial charge >= 0.3 is 12.1 Å². The van der Waals surface area contributed by atoms with Gasteiger partial charge in [-0.05, 0) is 12.5 Å². The fourth-order valence-corrected chi connectivity index (χ4v) is 4.65. The van der Waals surface area contributed by atoms with E-state index in [2.05, 4.69) is 25.4 Å². The molecule has 0 saturated carbocycles. The Hall–Kier alpha value is -3.54. The van der Waals surface area contributed by atoms with E-state index in [4.69, 9.17) is 9.92 Å². The van der Waals surface area contributed by atoms with Crippen LogP contribution in [0.4, 0.5) is 38.0 Å². The Bertz CT molecular complexity index is 1560. The number of alkyl halides is 5. The summed E-state index contributed by atoms with van der Waals surface area (Å²) in [7, 11) is -3.76. The average Bonchev–Trinajstić information content (AvgIpc) is 3.12. The van der Waals surface area contributed by atoms with Crippen LogP contribution in [0.1, 0.15) is 31.7 Å². The van der Waals surface area contributed by atoms with Crippen LogP contribution in [0.25, 0.3) is 22.6 Å². The SMILES string of the molecule is CC1(CCOS(C)(=O)=O)CC(=O)Nc2nc(-c3nn(CCC(F)(F)C(F)(F)F)c4ncc(F)cc34)nc(N)c21. The normalized spacial score (nSPS) is 18.3. The van der Waals surface area contributed by atoms with Crippen LogP contribution in [0.15, 0.2) is 12.3 Å².